The molecule has 3 aromatic carbocycles. The third-order valence-corrected chi connectivity index (χ3v) is 11.0. The lowest BCUT2D eigenvalue weighted by Crippen LogP contribution is -2.57. The number of carbonyl (C=O) groups is 2. The molecule has 0 radical (unpaired) electrons. The average Bonchev–Trinajstić information content (AvgIpc) is 3.64. The number of carbonyl (C=O) groups excluding carboxylic acids is 2. The summed E-state index contributed by atoms with van der Waals surface area (Å²) in [5, 5.41) is 0.304. The number of hydrogen-bond donors (Lipinski definition) is 0. The third kappa shape index (κ3) is 5.87. The van der Waals surface area contributed by atoms with Gasteiger partial charge in [0.05, 0.1) is 38.0 Å². The van der Waals surface area contributed by atoms with Crippen LogP contribution in [-0.4, -0.2) is 103 Å². The van der Waals surface area contributed by atoms with Gasteiger partial charge in [-0.2, -0.15) is 0 Å². The Morgan fingerprint density at radius 1 is 0.979 bits per heavy atom. The molecule has 3 aliphatic rings. The number of ether oxygens (including phenoxy) is 4. The van der Waals surface area contributed by atoms with Crippen molar-refractivity contribution >= 4 is 39.3 Å². The van der Waals surface area contributed by atoms with E-state index in [0.29, 0.717) is 66.8 Å². The molecular formula is C34H39ClN4O8S. The van der Waals surface area contributed by atoms with E-state index in [1.54, 1.807) is 31.1 Å². The van der Waals surface area contributed by atoms with Gasteiger partial charge in [0.2, 0.25) is 0 Å². The molecule has 2 amide bonds. The van der Waals surface area contributed by atoms with Gasteiger partial charge in [0.15, 0.2) is 11.8 Å². The fourth-order valence-corrected chi connectivity index (χ4v) is 8.38. The second kappa shape index (κ2) is 13.6. The van der Waals surface area contributed by atoms with E-state index < -0.39 is 33.8 Å². The Hall–Kier alpha value is -3.88. The molecule has 3 heterocycles. The molecule has 1 unspecified atom stereocenters. The molecule has 14 heteroatoms. The van der Waals surface area contributed by atoms with E-state index in [2.05, 4.69) is 4.90 Å². The molecule has 0 bridgehead atoms. The van der Waals surface area contributed by atoms with E-state index in [9.17, 15) is 13.2 Å². The van der Waals surface area contributed by atoms with Crippen molar-refractivity contribution in [2.24, 2.45) is 0 Å². The normalized spacial score (nSPS) is 21.6. The number of fused-ring (bicyclic) bond motifs is 1. The van der Waals surface area contributed by atoms with E-state index in [1.807, 2.05) is 18.2 Å². The van der Waals surface area contributed by atoms with Gasteiger partial charge in [-0.05, 0) is 66.9 Å². The van der Waals surface area contributed by atoms with Crippen molar-refractivity contribution in [3.63, 3.8) is 0 Å². The predicted octanol–water partition coefficient (Wildman–Crippen LogP) is 4.29. The average molecular weight is 699 g/mol. The number of likely N-dealkylation sites (tertiary alicyclic amines) is 1. The summed E-state index contributed by atoms with van der Waals surface area (Å²) in [5.41, 5.74) is 0.0399. The zero-order valence-electron chi connectivity index (χ0n) is 27.3. The van der Waals surface area contributed by atoms with Crippen LogP contribution in [0.3, 0.4) is 0 Å². The zero-order valence-corrected chi connectivity index (χ0v) is 28.9. The molecule has 0 aliphatic carbocycles. The Morgan fingerprint density at radius 2 is 1.71 bits per heavy atom. The van der Waals surface area contributed by atoms with Crippen LogP contribution in [0, 0.1) is 0 Å². The van der Waals surface area contributed by atoms with Crippen LogP contribution in [0.2, 0.25) is 5.02 Å². The van der Waals surface area contributed by atoms with Crippen LogP contribution in [0.15, 0.2) is 65.6 Å². The highest BCUT2D eigenvalue weighted by molar-refractivity contribution is 7.93. The van der Waals surface area contributed by atoms with Crippen molar-refractivity contribution in [2.45, 2.75) is 36.0 Å². The number of morpholine rings is 1. The second-order valence-corrected chi connectivity index (χ2v) is 14.3. The molecule has 6 rings (SSSR count). The molecule has 2 fully saturated rings. The maximum Gasteiger partial charge on any atom is 0.410 e. The Morgan fingerprint density at radius 3 is 2.38 bits per heavy atom. The largest absolute Gasteiger partial charge is 0.497 e. The van der Waals surface area contributed by atoms with Crippen LogP contribution < -0.4 is 13.8 Å². The first kappa shape index (κ1) is 34.0. The van der Waals surface area contributed by atoms with Crippen molar-refractivity contribution in [3.8, 4) is 11.5 Å². The summed E-state index contributed by atoms with van der Waals surface area (Å²) < 4.78 is 52.5. The summed E-state index contributed by atoms with van der Waals surface area (Å²) >= 11 is 6.62. The third-order valence-electron chi connectivity index (χ3n) is 9.05. The molecule has 3 aliphatic heterocycles. The highest BCUT2D eigenvalue weighted by atomic mass is 35.5. The lowest BCUT2D eigenvalue weighted by atomic mass is 9.81. The quantitative estimate of drug-likeness (QED) is 0.320. The fourth-order valence-electron chi connectivity index (χ4n) is 6.75. The summed E-state index contributed by atoms with van der Waals surface area (Å²) in [6, 6.07) is 16.2. The number of sulfonamides is 1. The Labute approximate surface area is 285 Å². The van der Waals surface area contributed by atoms with Crippen LogP contribution in [0.5, 0.6) is 11.5 Å². The van der Waals surface area contributed by atoms with Crippen molar-refractivity contribution in [1.82, 2.24) is 14.7 Å². The van der Waals surface area contributed by atoms with Crippen molar-refractivity contribution in [3.05, 3.63) is 82.4 Å². The smallest absolute Gasteiger partial charge is 0.410 e. The van der Waals surface area contributed by atoms with Crippen molar-refractivity contribution < 1.29 is 37.0 Å². The van der Waals surface area contributed by atoms with Crippen LogP contribution in [0.1, 0.15) is 29.5 Å². The maximum absolute atomic E-state index is 15.4. The Kier molecular flexibility index (Phi) is 9.60. The second-order valence-electron chi connectivity index (χ2n) is 12.1. The SMILES string of the molecule is COc1ccc(S(=O)(=O)N2C(=O)C(c3ccc(CN4CCOCC4)cc3OC)(N3CCC[C@@H]3OC(=O)N(C)C)c3cc(Cl)ccc32)cc1. The summed E-state index contributed by atoms with van der Waals surface area (Å²) in [4.78, 5) is 33.5. The van der Waals surface area contributed by atoms with Gasteiger partial charge in [-0.25, -0.2) is 22.4 Å². The number of amides is 2. The molecule has 2 atom stereocenters. The lowest BCUT2D eigenvalue weighted by molar-refractivity contribution is -0.132. The molecule has 12 nitrogen and oxygen atoms in total. The minimum Gasteiger partial charge on any atom is -0.497 e. The van der Waals surface area contributed by atoms with Crippen LogP contribution in [0.4, 0.5) is 10.5 Å². The highest BCUT2D eigenvalue weighted by Crippen LogP contribution is 2.55. The summed E-state index contributed by atoms with van der Waals surface area (Å²) in [6.07, 6.45) is -0.446. The van der Waals surface area contributed by atoms with E-state index in [-0.39, 0.29) is 10.6 Å². The van der Waals surface area contributed by atoms with Gasteiger partial charge in [0.1, 0.15) is 11.5 Å². The first-order valence-corrected chi connectivity index (χ1v) is 17.5. The number of anilines is 1. The van der Waals surface area contributed by atoms with Crippen molar-refractivity contribution in [1.29, 1.82) is 0 Å². The Balaban J connectivity index is 1.57. The summed E-state index contributed by atoms with van der Waals surface area (Å²) in [7, 11) is 1.69. The van der Waals surface area contributed by atoms with Gasteiger partial charge in [0, 0.05) is 56.4 Å². The summed E-state index contributed by atoms with van der Waals surface area (Å²) in [6.45, 7) is 3.80. The van der Waals surface area contributed by atoms with E-state index >= 15 is 4.79 Å². The number of rotatable bonds is 9. The number of nitrogens with zero attached hydrogens (tertiary/aromatic N) is 4. The van der Waals surface area contributed by atoms with Gasteiger partial charge in [-0.1, -0.05) is 23.7 Å². The molecule has 0 N–H and O–H groups in total. The zero-order chi connectivity index (χ0) is 34.2. The molecule has 2 saturated heterocycles. The number of methoxy groups -OCH3 is 2. The molecule has 0 spiro atoms. The highest BCUT2D eigenvalue weighted by Gasteiger charge is 2.63. The number of benzene rings is 3. The summed E-state index contributed by atoms with van der Waals surface area (Å²) in [5.74, 6) is 0.0867. The van der Waals surface area contributed by atoms with Crippen LogP contribution >= 0.6 is 11.6 Å². The number of hydrogen-bond acceptors (Lipinski definition) is 10. The van der Waals surface area contributed by atoms with Crippen molar-refractivity contribution in [2.75, 3.05) is 65.5 Å². The van der Waals surface area contributed by atoms with Gasteiger partial charge in [-0.3, -0.25) is 9.69 Å². The van der Waals surface area contributed by atoms with E-state index in [0.717, 1.165) is 23.0 Å². The minimum atomic E-state index is -4.47. The lowest BCUT2D eigenvalue weighted by Gasteiger charge is -2.41. The fraction of sp³-hybridized carbons (Fsp3) is 0.412. The van der Waals surface area contributed by atoms with Crippen LogP contribution in [-0.2, 0) is 36.4 Å². The van der Waals surface area contributed by atoms with Gasteiger partial charge in [0.25, 0.3) is 15.9 Å². The molecule has 0 saturated carbocycles. The van der Waals surface area contributed by atoms with E-state index in [1.165, 1.54) is 49.5 Å². The monoisotopic (exact) mass is 698 g/mol. The predicted molar refractivity (Wildman–Crippen MR) is 179 cm³/mol. The first-order valence-electron chi connectivity index (χ1n) is 15.7. The molecule has 3 aromatic rings. The molecule has 0 aromatic heterocycles. The molecule has 48 heavy (non-hydrogen) atoms. The molecule has 256 valence electrons. The van der Waals surface area contributed by atoms with Gasteiger partial charge in [-0.15, -0.1) is 0 Å². The van der Waals surface area contributed by atoms with Gasteiger partial charge < -0.3 is 23.8 Å². The first-order chi connectivity index (χ1) is 23.0. The topological polar surface area (TPSA) is 118 Å². The minimum absolute atomic E-state index is 0.0989. The Bertz CT molecular complexity index is 1800. The number of halogens is 1. The maximum atomic E-state index is 15.4. The standard InChI is InChI=1S/C34H39ClN4O8S/c1-36(2)33(41)47-31-6-5-15-38(31)34(27-13-7-23(20-30(27)45-4)22-37-16-18-46-19-17-37)28-21-24(35)8-14-29(28)39(32(34)40)48(42,43)26-11-9-25(44-3)10-12-26/h7-14,20-21,31H,5-6,15-19,22H2,1-4H3/t31-,34?/m0/s1. The van der Waals surface area contributed by atoms with Crippen LogP contribution in [0.25, 0.3) is 0 Å². The van der Waals surface area contributed by atoms with Gasteiger partial charge >= 0.3 is 6.09 Å². The van der Waals surface area contributed by atoms with E-state index in [4.69, 9.17) is 30.5 Å². The molecular weight excluding hydrogens is 660 g/mol.